The minimum Gasteiger partial charge on any atom is -0.457 e. The maximum absolute atomic E-state index is 11.9. The number of nitro benzene ring substituents is 1. The molecular weight excluding hydrogens is 304 g/mol. The van der Waals surface area contributed by atoms with Gasteiger partial charge in [0.15, 0.2) is 6.61 Å². The third-order valence-corrected chi connectivity index (χ3v) is 3.23. The van der Waals surface area contributed by atoms with E-state index in [0.29, 0.717) is 5.56 Å². The number of nitro groups is 1. The second-order valence-electron chi connectivity index (χ2n) is 4.76. The average Bonchev–Trinajstić information content (AvgIpc) is 3.03. The second kappa shape index (κ2) is 6.73. The number of hydrogen-bond acceptors (Lipinski definition) is 6. The molecule has 0 fully saturated rings. The van der Waals surface area contributed by atoms with E-state index in [9.17, 15) is 19.7 Å². The molecule has 0 aliphatic rings. The number of nitrogens with zero attached hydrogens (tertiary/aromatic N) is 1. The number of esters is 1. The molecule has 0 saturated carbocycles. The second-order valence-corrected chi connectivity index (χ2v) is 4.76. The topological polar surface area (TPSA) is 112 Å². The van der Waals surface area contributed by atoms with Crippen LogP contribution in [0.1, 0.15) is 21.7 Å². The van der Waals surface area contributed by atoms with E-state index < -0.39 is 23.4 Å². The molecule has 23 heavy (non-hydrogen) atoms. The first kappa shape index (κ1) is 16.2. The molecule has 1 heterocycles. The van der Waals surface area contributed by atoms with Crippen molar-refractivity contribution < 1.29 is 23.7 Å². The number of benzene rings is 1. The Morgan fingerprint density at radius 1 is 1.30 bits per heavy atom. The number of nitrogens with one attached hydrogen (secondary N) is 1. The van der Waals surface area contributed by atoms with Gasteiger partial charge in [0, 0.05) is 6.07 Å². The van der Waals surface area contributed by atoms with Crippen LogP contribution in [0, 0.1) is 24.0 Å². The number of ether oxygens (including phenoxy) is 1. The van der Waals surface area contributed by atoms with Gasteiger partial charge in [-0.2, -0.15) is 0 Å². The van der Waals surface area contributed by atoms with Crippen molar-refractivity contribution in [1.82, 2.24) is 0 Å². The lowest BCUT2D eigenvalue weighted by atomic mass is 10.1. The molecule has 1 aromatic carbocycles. The Kier molecular flexibility index (Phi) is 4.75. The predicted octanol–water partition coefficient (Wildman–Crippen LogP) is 2.60. The van der Waals surface area contributed by atoms with Crippen molar-refractivity contribution in [3.05, 3.63) is 57.5 Å². The molecule has 1 N–H and O–H groups in total. The Bertz CT molecular complexity index is 752. The number of aryl methyl sites for hydroxylation is 1. The molecular formula is C15H14N2O6. The molecule has 0 saturated heterocycles. The summed E-state index contributed by atoms with van der Waals surface area (Å²) in [6.45, 7) is 2.85. The van der Waals surface area contributed by atoms with Crippen LogP contribution in [0.3, 0.4) is 0 Å². The van der Waals surface area contributed by atoms with E-state index in [-0.39, 0.29) is 17.1 Å². The Labute approximate surface area is 131 Å². The molecule has 2 rings (SSSR count). The van der Waals surface area contributed by atoms with Crippen molar-refractivity contribution in [3.8, 4) is 0 Å². The number of carbonyl (C=O) groups excluding carboxylic acids is 2. The first-order valence-corrected chi connectivity index (χ1v) is 6.65. The lowest BCUT2D eigenvalue weighted by Crippen LogP contribution is -2.22. The lowest BCUT2D eigenvalue weighted by Gasteiger charge is -2.11. The van der Waals surface area contributed by atoms with E-state index in [0.717, 1.165) is 5.56 Å². The number of rotatable bonds is 5. The summed E-state index contributed by atoms with van der Waals surface area (Å²) in [5.74, 6) is -1.50. The Balaban J connectivity index is 2.07. The normalized spacial score (nSPS) is 10.2. The van der Waals surface area contributed by atoms with Crippen molar-refractivity contribution in [1.29, 1.82) is 0 Å². The van der Waals surface area contributed by atoms with Crippen molar-refractivity contribution in [2.24, 2.45) is 0 Å². The fourth-order valence-corrected chi connectivity index (χ4v) is 1.88. The Hall–Kier alpha value is -3.16. The summed E-state index contributed by atoms with van der Waals surface area (Å²) in [6.07, 6.45) is 1.30. The van der Waals surface area contributed by atoms with Gasteiger partial charge in [0.25, 0.3) is 11.6 Å². The highest BCUT2D eigenvalue weighted by atomic mass is 16.6. The highest BCUT2D eigenvalue weighted by molar-refractivity contribution is 5.97. The van der Waals surface area contributed by atoms with Gasteiger partial charge >= 0.3 is 5.97 Å². The molecule has 1 amide bonds. The van der Waals surface area contributed by atoms with Crippen LogP contribution in [0.25, 0.3) is 0 Å². The third kappa shape index (κ3) is 3.73. The Morgan fingerprint density at radius 3 is 2.65 bits per heavy atom. The van der Waals surface area contributed by atoms with E-state index in [1.165, 1.54) is 24.5 Å². The van der Waals surface area contributed by atoms with Gasteiger partial charge in [-0.3, -0.25) is 14.9 Å². The summed E-state index contributed by atoms with van der Waals surface area (Å²) >= 11 is 0. The van der Waals surface area contributed by atoms with Gasteiger partial charge in [-0.1, -0.05) is 6.07 Å². The summed E-state index contributed by atoms with van der Waals surface area (Å²) in [6, 6.07) is 5.82. The SMILES string of the molecule is Cc1ccc([N+](=O)[O-])c(NC(=O)COC(=O)c2ccco2)c1C. The van der Waals surface area contributed by atoms with Crippen LogP contribution in [-0.2, 0) is 9.53 Å². The van der Waals surface area contributed by atoms with Gasteiger partial charge in [-0.05, 0) is 37.1 Å². The fourth-order valence-electron chi connectivity index (χ4n) is 1.88. The predicted molar refractivity (Wildman–Crippen MR) is 80.2 cm³/mol. The maximum atomic E-state index is 11.9. The zero-order valence-electron chi connectivity index (χ0n) is 12.5. The van der Waals surface area contributed by atoms with E-state index in [1.54, 1.807) is 19.9 Å². The van der Waals surface area contributed by atoms with Gasteiger partial charge in [0.2, 0.25) is 5.76 Å². The van der Waals surface area contributed by atoms with Crippen LogP contribution in [-0.4, -0.2) is 23.4 Å². The van der Waals surface area contributed by atoms with Crippen molar-refractivity contribution in [3.63, 3.8) is 0 Å². The zero-order valence-corrected chi connectivity index (χ0v) is 12.5. The van der Waals surface area contributed by atoms with Crippen LogP contribution in [0.2, 0.25) is 0 Å². The molecule has 0 aliphatic carbocycles. The summed E-state index contributed by atoms with van der Waals surface area (Å²) < 4.78 is 9.61. The quantitative estimate of drug-likeness (QED) is 0.515. The smallest absolute Gasteiger partial charge is 0.374 e. The molecule has 2 aromatic rings. The molecule has 8 heteroatoms. The monoisotopic (exact) mass is 318 g/mol. The first-order valence-electron chi connectivity index (χ1n) is 6.65. The zero-order chi connectivity index (χ0) is 17.0. The third-order valence-electron chi connectivity index (χ3n) is 3.23. The molecule has 0 spiro atoms. The van der Waals surface area contributed by atoms with Crippen LogP contribution in [0.5, 0.6) is 0 Å². The molecule has 0 bridgehead atoms. The Morgan fingerprint density at radius 2 is 2.04 bits per heavy atom. The highest BCUT2D eigenvalue weighted by Crippen LogP contribution is 2.30. The molecule has 0 unspecified atom stereocenters. The molecule has 0 atom stereocenters. The van der Waals surface area contributed by atoms with Crippen molar-refractivity contribution in [2.75, 3.05) is 11.9 Å². The highest BCUT2D eigenvalue weighted by Gasteiger charge is 2.20. The number of hydrogen-bond donors (Lipinski definition) is 1. The summed E-state index contributed by atoms with van der Waals surface area (Å²) in [4.78, 5) is 33.9. The van der Waals surface area contributed by atoms with Gasteiger partial charge in [-0.15, -0.1) is 0 Å². The largest absolute Gasteiger partial charge is 0.457 e. The average molecular weight is 318 g/mol. The summed E-state index contributed by atoms with van der Waals surface area (Å²) in [5, 5.41) is 13.5. The van der Waals surface area contributed by atoms with Crippen LogP contribution in [0.15, 0.2) is 34.9 Å². The van der Waals surface area contributed by atoms with E-state index >= 15 is 0 Å². The maximum Gasteiger partial charge on any atom is 0.374 e. The van der Waals surface area contributed by atoms with Crippen LogP contribution in [0.4, 0.5) is 11.4 Å². The fraction of sp³-hybridized carbons (Fsp3) is 0.200. The summed E-state index contributed by atoms with van der Waals surface area (Å²) in [5.41, 5.74) is 1.23. The van der Waals surface area contributed by atoms with E-state index in [1.807, 2.05) is 0 Å². The number of anilines is 1. The molecule has 8 nitrogen and oxygen atoms in total. The molecule has 0 radical (unpaired) electrons. The molecule has 120 valence electrons. The van der Waals surface area contributed by atoms with E-state index in [2.05, 4.69) is 5.32 Å². The minimum atomic E-state index is -0.791. The van der Waals surface area contributed by atoms with Gasteiger partial charge in [0.05, 0.1) is 11.2 Å². The van der Waals surface area contributed by atoms with Crippen LogP contribution < -0.4 is 5.32 Å². The van der Waals surface area contributed by atoms with Gasteiger partial charge in [-0.25, -0.2) is 4.79 Å². The minimum absolute atomic E-state index is 0.0319. The first-order chi connectivity index (χ1) is 10.9. The molecule has 1 aromatic heterocycles. The number of carbonyl (C=O) groups is 2. The van der Waals surface area contributed by atoms with E-state index in [4.69, 9.17) is 9.15 Å². The van der Waals surface area contributed by atoms with Crippen molar-refractivity contribution in [2.45, 2.75) is 13.8 Å². The van der Waals surface area contributed by atoms with Gasteiger partial charge < -0.3 is 14.5 Å². The number of amides is 1. The van der Waals surface area contributed by atoms with Gasteiger partial charge in [0.1, 0.15) is 5.69 Å². The number of furan rings is 1. The van der Waals surface area contributed by atoms with Crippen molar-refractivity contribution >= 4 is 23.3 Å². The van der Waals surface area contributed by atoms with Crippen LogP contribution >= 0.6 is 0 Å². The summed E-state index contributed by atoms with van der Waals surface area (Å²) in [7, 11) is 0. The molecule has 0 aliphatic heterocycles. The lowest BCUT2D eigenvalue weighted by molar-refractivity contribution is -0.384. The standard InChI is InChI=1S/C15H14N2O6/c1-9-5-6-11(17(20)21)14(10(9)2)16-13(18)8-23-15(19)12-4-3-7-22-12/h3-7H,8H2,1-2H3,(H,16,18).